The Labute approximate surface area is 109 Å². The topological polar surface area (TPSA) is 55.1 Å². The molecule has 0 spiro atoms. The van der Waals surface area contributed by atoms with Crippen LogP contribution in [-0.4, -0.2) is 18.0 Å². The highest BCUT2D eigenvalue weighted by atomic mass is 16.1. The Kier molecular flexibility index (Phi) is 3.71. The summed E-state index contributed by atoms with van der Waals surface area (Å²) in [6.45, 7) is 6.03. The Morgan fingerprint density at radius 1 is 1.22 bits per heavy atom. The molecular weight excluding hydrogens is 224 g/mol. The van der Waals surface area contributed by atoms with Gasteiger partial charge in [0.1, 0.15) is 0 Å². The van der Waals surface area contributed by atoms with Crippen LogP contribution in [0.2, 0.25) is 0 Å². The zero-order chi connectivity index (χ0) is 13.3. The zero-order valence-corrected chi connectivity index (χ0v) is 11.4. The third-order valence-electron chi connectivity index (χ3n) is 3.79. The van der Waals surface area contributed by atoms with E-state index in [0.717, 1.165) is 36.0 Å². The van der Waals surface area contributed by atoms with Gasteiger partial charge in [0, 0.05) is 17.6 Å². The van der Waals surface area contributed by atoms with Gasteiger partial charge in [0.2, 0.25) is 0 Å². The summed E-state index contributed by atoms with van der Waals surface area (Å²) in [5, 5.41) is 3.08. The van der Waals surface area contributed by atoms with E-state index in [1.165, 1.54) is 5.56 Å². The third-order valence-corrected chi connectivity index (χ3v) is 3.79. The molecule has 2 rings (SSSR count). The molecule has 1 aliphatic rings. The fourth-order valence-electron chi connectivity index (χ4n) is 2.95. The van der Waals surface area contributed by atoms with E-state index in [2.05, 4.69) is 24.4 Å². The van der Waals surface area contributed by atoms with E-state index < -0.39 is 0 Å². The predicted molar refractivity (Wildman–Crippen MR) is 73.7 cm³/mol. The molecule has 1 saturated carbocycles. The summed E-state index contributed by atoms with van der Waals surface area (Å²) in [6, 6.07) is 4.35. The monoisotopic (exact) mass is 246 g/mol. The smallest absolute Gasteiger partial charge is 0.252 e. The number of rotatable bonds is 2. The van der Waals surface area contributed by atoms with Crippen molar-refractivity contribution < 1.29 is 4.79 Å². The van der Waals surface area contributed by atoms with Crippen molar-refractivity contribution in [3.8, 4) is 0 Å². The number of nitrogens with one attached hydrogen (secondary N) is 1. The zero-order valence-electron chi connectivity index (χ0n) is 11.4. The second kappa shape index (κ2) is 5.11. The van der Waals surface area contributed by atoms with Crippen molar-refractivity contribution in [3.63, 3.8) is 0 Å². The van der Waals surface area contributed by atoms with Gasteiger partial charge >= 0.3 is 0 Å². The lowest BCUT2D eigenvalue weighted by atomic mass is 9.98. The molecule has 0 bridgehead atoms. The van der Waals surface area contributed by atoms with Crippen molar-refractivity contribution in [1.29, 1.82) is 0 Å². The van der Waals surface area contributed by atoms with Crippen molar-refractivity contribution in [1.82, 2.24) is 5.32 Å². The van der Waals surface area contributed by atoms with Crippen LogP contribution < -0.4 is 11.1 Å². The molecule has 3 nitrogen and oxygen atoms in total. The predicted octanol–water partition coefficient (Wildman–Crippen LogP) is 2.22. The SMILES string of the molecule is Cc1cc(C)c(C(=O)NC2CCCC2N)c(C)c1. The highest BCUT2D eigenvalue weighted by Crippen LogP contribution is 2.20. The molecule has 2 atom stereocenters. The van der Waals surface area contributed by atoms with Gasteiger partial charge in [-0.2, -0.15) is 0 Å². The van der Waals surface area contributed by atoms with Crippen LogP contribution in [0, 0.1) is 20.8 Å². The van der Waals surface area contributed by atoms with E-state index in [0.29, 0.717) is 0 Å². The van der Waals surface area contributed by atoms with Gasteiger partial charge in [0.15, 0.2) is 0 Å². The van der Waals surface area contributed by atoms with E-state index >= 15 is 0 Å². The molecule has 0 heterocycles. The maximum Gasteiger partial charge on any atom is 0.252 e. The van der Waals surface area contributed by atoms with Crippen LogP contribution in [0.4, 0.5) is 0 Å². The Morgan fingerprint density at radius 3 is 2.33 bits per heavy atom. The molecule has 0 radical (unpaired) electrons. The van der Waals surface area contributed by atoms with Crippen LogP contribution >= 0.6 is 0 Å². The minimum atomic E-state index is 0.0207. The van der Waals surface area contributed by atoms with Gasteiger partial charge < -0.3 is 11.1 Å². The Morgan fingerprint density at radius 2 is 1.83 bits per heavy atom. The van der Waals surface area contributed by atoms with Crippen LogP contribution in [0.1, 0.15) is 46.3 Å². The molecule has 0 saturated heterocycles. The minimum absolute atomic E-state index is 0.0207. The molecule has 18 heavy (non-hydrogen) atoms. The number of nitrogens with two attached hydrogens (primary N) is 1. The van der Waals surface area contributed by atoms with Gasteiger partial charge in [-0.25, -0.2) is 0 Å². The van der Waals surface area contributed by atoms with Crippen molar-refractivity contribution in [2.24, 2.45) is 5.73 Å². The van der Waals surface area contributed by atoms with E-state index in [4.69, 9.17) is 5.73 Å². The summed E-state index contributed by atoms with van der Waals surface area (Å²) >= 11 is 0. The van der Waals surface area contributed by atoms with Crippen molar-refractivity contribution in [3.05, 3.63) is 34.4 Å². The summed E-state index contributed by atoms with van der Waals surface area (Å²) in [5.74, 6) is 0.0207. The molecule has 1 aromatic rings. The Bertz CT molecular complexity index is 445. The molecule has 0 aromatic heterocycles. The quantitative estimate of drug-likeness (QED) is 0.840. The summed E-state index contributed by atoms with van der Waals surface area (Å²) in [4.78, 5) is 12.3. The van der Waals surface area contributed by atoms with Gasteiger partial charge in [-0.1, -0.05) is 17.7 Å². The van der Waals surface area contributed by atoms with Crippen molar-refractivity contribution in [2.75, 3.05) is 0 Å². The molecule has 98 valence electrons. The summed E-state index contributed by atoms with van der Waals surface area (Å²) < 4.78 is 0. The fourth-order valence-corrected chi connectivity index (χ4v) is 2.95. The largest absolute Gasteiger partial charge is 0.348 e. The summed E-state index contributed by atoms with van der Waals surface area (Å²) in [6.07, 6.45) is 3.12. The molecular formula is C15H22N2O. The number of hydrogen-bond donors (Lipinski definition) is 2. The van der Waals surface area contributed by atoms with E-state index in [1.807, 2.05) is 13.8 Å². The number of carbonyl (C=O) groups excluding carboxylic acids is 1. The summed E-state index contributed by atoms with van der Waals surface area (Å²) in [7, 11) is 0. The van der Waals surface area contributed by atoms with E-state index in [1.54, 1.807) is 0 Å². The standard InChI is InChI=1S/C15H22N2O/c1-9-7-10(2)14(11(3)8-9)15(18)17-13-6-4-5-12(13)16/h7-8,12-13H,4-6,16H2,1-3H3,(H,17,18). The van der Waals surface area contributed by atoms with Crippen LogP contribution in [0.25, 0.3) is 0 Å². The molecule has 0 aliphatic heterocycles. The summed E-state index contributed by atoms with van der Waals surface area (Å²) in [5.41, 5.74) is 10.1. The average molecular weight is 246 g/mol. The fraction of sp³-hybridized carbons (Fsp3) is 0.533. The maximum absolute atomic E-state index is 12.3. The molecule has 1 fully saturated rings. The van der Waals surface area contributed by atoms with E-state index in [-0.39, 0.29) is 18.0 Å². The first-order valence-corrected chi connectivity index (χ1v) is 6.63. The lowest BCUT2D eigenvalue weighted by Crippen LogP contribution is -2.44. The number of carbonyl (C=O) groups is 1. The van der Waals surface area contributed by atoms with Gasteiger partial charge in [-0.3, -0.25) is 4.79 Å². The molecule has 3 heteroatoms. The lowest BCUT2D eigenvalue weighted by molar-refractivity contribution is 0.0933. The molecule has 1 aromatic carbocycles. The van der Waals surface area contributed by atoms with Crippen LogP contribution in [0.3, 0.4) is 0 Å². The number of aryl methyl sites for hydroxylation is 3. The van der Waals surface area contributed by atoms with Crippen LogP contribution in [0.15, 0.2) is 12.1 Å². The number of amides is 1. The number of hydrogen-bond acceptors (Lipinski definition) is 2. The van der Waals surface area contributed by atoms with Gasteiger partial charge in [0.05, 0.1) is 0 Å². The Balaban J connectivity index is 2.19. The van der Waals surface area contributed by atoms with Crippen LogP contribution in [-0.2, 0) is 0 Å². The normalized spacial score (nSPS) is 23.1. The first-order chi connectivity index (χ1) is 8.49. The van der Waals surface area contributed by atoms with E-state index in [9.17, 15) is 4.79 Å². The molecule has 3 N–H and O–H groups in total. The second-order valence-corrected chi connectivity index (χ2v) is 5.45. The van der Waals surface area contributed by atoms with Crippen molar-refractivity contribution >= 4 is 5.91 Å². The number of benzene rings is 1. The second-order valence-electron chi connectivity index (χ2n) is 5.45. The van der Waals surface area contributed by atoms with Gasteiger partial charge in [-0.15, -0.1) is 0 Å². The first-order valence-electron chi connectivity index (χ1n) is 6.63. The molecule has 1 amide bonds. The first kappa shape index (κ1) is 13.1. The highest BCUT2D eigenvalue weighted by Gasteiger charge is 2.26. The Hall–Kier alpha value is -1.35. The average Bonchev–Trinajstić information content (AvgIpc) is 2.62. The van der Waals surface area contributed by atoms with Gasteiger partial charge in [0.25, 0.3) is 5.91 Å². The molecule has 2 unspecified atom stereocenters. The third kappa shape index (κ3) is 2.56. The lowest BCUT2D eigenvalue weighted by Gasteiger charge is -2.19. The highest BCUT2D eigenvalue weighted by molar-refractivity contribution is 5.97. The maximum atomic E-state index is 12.3. The van der Waals surface area contributed by atoms with Crippen LogP contribution in [0.5, 0.6) is 0 Å². The molecule has 1 aliphatic carbocycles. The van der Waals surface area contributed by atoms with Crippen molar-refractivity contribution in [2.45, 2.75) is 52.1 Å². The minimum Gasteiger partial charge on any atom is -0.348 e. The van der Waals surface area contributed by atoms with Gasteiger partial charge in [-0.05, 0) is 51.2 Å².